The minimum atomic E-state index is 0.786. The van der Waals surface area contributed by atoms with Gasteiger partial charge in [0.05, 0.1) is 20.3 Å². The largest absolute Gasteiger partial charge is 0.497 e. The first-order valence-corrected chi connectivity index (χ1v) is 10.9. The van der Waals surface area contributed by atoms with Crippen LogP contribution >= 0.6 is 0 Å². The highest BCUT2D eigenvalue weighted by atomic mass is 16.5. The molecular formula is C26H32N2O2. The van der Waals surface area contributed by atoms with Crippen molar-refractivity contribution in [3.8, 4) is 5.75 Å². The lowest BCUT2D eigenvalue weighted by atomic mass is 10.1. The van der Waals surface area contributed by atoms with E-state index in [9.17, 15) is 0 Å². The molecule has 1 fully saturated rings. The smallest absolute Gasteiger partial charge is 0.119 e. The first-order valence-electron chi connectivity index (χ1n) is 10.9. The van der Waals surface area contributed by atoms with Crippen LogP contribution in [-0.2, 0) is 17.7 Å². The molecule has 1 heterocycles. The molecule has 1 aliphatic heterocycles. The maximum atomic E-state index is 5.93. The van der Waals surface area contributed by atoms with E-state index < -0.39 is 0 Å². The zero-order valence-electron chi connectivity index (χ0n) is 17.9. The van der Waals surface area contributed by atoms with Crippen LogP contribution in [0, 0.1) is 0 Å². The summed E-state index contributed by atoms with van der Waals surface area (Å²) in [5.74, 6) is 0.937. The molecule has 0 amide bonds. The summed E-state index contributed by atoms with van der Waals surface area (Å²) in [6.45, 7) is 8.04. The van der Waals surface area contributed by atoms with Crippen molar-refractivity contribution < 1.29 is 9.47 Å². The van der Waals surface area contributed by atoms with Gasteiger partial charge in [0.15, 0.2) is 0 Å². The Labute approximate surface area is 180 Å². The SMILES string of the molecule is COc1cccc(CN2CCN(CCOCCc3ccc4ccccc4c3)CC2)c1. The quantitative estimate of drug-likeness (QED) is 0.499. The number of fused-ring (bicyclic) bond motifs is 1. The number of hydrogen-bond donors (Lipinski definition) is 0. The number of methoxy groups -OCH3 is 1. The van der Waals surface area contributed by atoms with Crippen LogP contribution in [0.5, 0.6) is 5.75 Å². The molecule has 158 valence electrons. The normalized spacial score (nSPS) is 15.5. The number of benzene rings is 3. The van der Waals surface area contributed by atoms with Crippen molar-refractivity contribution in [3.05, 3.63) is 77.9 Å². The van der Waals surface area contributed by atoms with E-state index in [2.05, 4.69) is 70.5 Å². The maximum absolute atomic E-state index is 5.93. The van der Waals surface area contributed by atoms with Gasteiger partial charge in [-0.1, -0.05) is 54.6 Å². The van der Waals surface area contributed by atoms with Gasteiger partial charge in [0.2, 0.25) is 0 Å². The van der Waals surface area contributed by atoms with Crippen molar-refractivity contribution in [1.29, 1.82) is 0 Å². The second kappa shape index (κ2) is 10.6. The molecule has 0 N–H and O–H groups in total. The van der Waals surface area contributed by atoms with Crippen molar-refractivity contribution in [1.82, 2.24) is 9.80 Å². The first-order chi connectivity index (χ1) is 14.8. The third kappa shape index (κ3) is 5.82. The fourth-order valence-electron chi connectivity index (χ4n) is 4.08. The van der Waals surface area contributed by atoms with Crippen LogP contribution in [0.2, 0.25) is 0 Å². The Kier molecular flexibility index (Phi) is 7.35. The van der Waals surface area contributed by atoms with Gasteiger partial charge in [-0.05, 0) is 40.5 Å². The lowest BCUT2D eigenvalue weighted by molar-refractivity contribution is 0.0747. The molecule has 30 heavy (non-hydrogen) atoms. The van der Waals surface area contributed by atoms with Gasteiger partial charge < -0.3 is 9.47 Å². The number of nitrogens with zero attached hydrogens (tertiary/aromatic N) is 2. The summed E-state index contributed by atoms with van der Waals surface area (Å²) in [6, 6.07) is 23.6. The highest BCUT2D eigenvalue weighted by Crippen LogP contribution is 2.17. The highest BCUT2D eigenvalue weighted by molar-refractivity contribution is 5.82. The highest BCUT2D eigenvalue weighted by Gasteiger charge is 2.16. The zero-order valence-corrected chi connectivity index (χ0v) is 17.9. The summed E-state index contributed by atoms with van der Waals surface area (Å²) in [5.41, 5.74) is 2.67. The summed E-state index contributed by atoms with van der Waals surface area (Å²) in [7, 11) is 1.72. The Bertz CT molecular complexity index is 935. The molecular weight excluding hydrogens is 372 g/mol. The molecule has 0 aromatic heterocycles. The second-order valence-corrected chi connectivity index (χ2v) is 8.01. The predicted molar refractivity (Wildman–Crippen MR) is 123 cm³/mol. The van der Waals surface area contributed by atoms with Crippen LogP contribution < -0.4 is 4.74 Å². The maximum Gasteiger partial charge on any atom is 0.119 e. The van der Waals surface area contributed by atoms with Gasteiger partial charge in [0, 0.05) is 39.3 Å². The van der Waals surface area contributed by atoms with Crippen molar-refractivity contribution >= 4 is 10.8 Å². The molecule has 3 aromatic rings. The summed E-state index contributed by atoms with van der Waals surface area (Å²) in [4.78, 5) is 5.03. The van der Waals surface area contributed by atoms with Crippen molar-refractivity contribution in [2.45, 2.75) is 13.0 Å². The van der Waals surface area contributed by atoms with E-state index in [1.807, 2.05) is 6.07 Å². The average Bonchev–Trinajstić information content (AvgIpc) is 2.80. The van der Waals surface area contributed by atoms with Crippen LogP contribution in [0.15, 0.2) is 66.7 Å². The molecule has 4 heteroatoms. The third-order valence-corrected chi connectivity index (χ3v) is 5.91. The number of piperazine rings is 1. The van der Waals surface area contributed by atoms with Crippen molar-refractivity contribution in [3.63, 3.8) is 0 Å². The van der Waals surface area contributed by atoms with E-state index in [-0.39, 0.29) is 0 Å². The van der Waals surface area contributed by atoms with E-state index in [1.54, 1.807) is 7.11 Å². The van der Waals surface area contributed by atoms with Gasteiger partial charge in [0.1, 0.15) is 5.75 Å². The van der Waals surface area contributed by atoms with E-state index in [0.717, 1.165) is 64.7 Å². The standard InChI is InChI=1S/C26H32N2O2/c1-29-26-8-4-5-23(20-26)21-28-14-12-27(13-15-28)16-18-30-17-11-22-9-10-24-6-2-3-7-25(24)19-22/h2-10,19-20H,11-18,21H2,1H3. The molecule has 0 spiro atoms. The Morgan fingerprint density at radius 2 is 1.53 bits per heavy atom. The Hall–Kier alpha value is -2.40. The lowest BCUT2D eigenvalue weighted by Crippen LogP contribution is -2.46. The average molecular weight is 405 g/mol. The van der Waals surface area contributed by atoms with E-state index in [1.165, 1.54) is 21.9 Å². The summed E-state index contributed by atoms with van der Waals surface area (Å²) < 4.78 is 11.3. The third-order valence-electron chi connectivity index (χ3n) is 5.91. The van der Waals surface area contributed by atoms with Crippen molar-refractivity contribution in [2.75, 3.05) is 53.0 Å². The van der Waals surface area contributed by atoms with Gasteiger partial charge >= 0.3 is 0 Å². The van der Waals surface area contributed by atoms with E-state index >= 15 is 0 Å². The Morgan fingerprint density at radius 3 is 2.37 bits per heavy atom. The van der Waals surface area contributed by atoms with Crippen LogP contribution in [0.25, 0.3) is 10.8 Å². The molecule has 1 aliphatic rings. The summed E-state index contributed by atoms with van der Waals surface area (Å²) in [6.07, 6.45) is 0.971. The van der Waals surface area contributed by atoms with Crippen LogP contribution in [0.4, 0.5) is 0 Å². The molecule has 0 unspecified atom stereocenters. The van der Waals surface area contributed by atoms with Gasteiger partial charge in [-0.3, -0.25) is 9.80 Å². The molecule has 0 aliphatic carbocycles. The van der Waals surface area contributed by atoms with Gasteiger partial charge in [-0.15, -0.1) is 0 Å². The molecule has 1 saturated heterocycles. The topological polar surface area (TPSA) is 24.9 Å². The molecule has 0 radical (unpaired) electrons. The van der Waals surface area contributed by atoms with Gasteiger partial charge in [0.25, 0.3) is 0 Å². The molecule has 3 aromatic carbocycles. The number of hydrogen-bond acceptors (Lipinski definition) is 4. The van der Waals surface area contributed by atoms with Gasteiger partial charge in [-0.25, -0.2) is 0 Å². The first kappa shape index (κ1) is 20.9. The number of rotatable bonds is 9. The minimum absolute atomic E-state index is 0.786. The zero-order chi connectivity index (χ0) is 20.6. The predicted octanol–water partition coefficient (Wildman–Crippen LogP) is 4.23. The molecule has 0 bridgehead atoms. The fourth-order valence-corrected chi connectivity index (χ4v) is 4.08. The minimum Gasteiger partial charge on any atom is -0.497 e. The molecule has 4 nitrogen and oxygen atoms in total. The molecule has 0 saturated carbocycles. The van der Waals surface area contributed by atoms with Crippen LogP contribution in [0.1, 0.15) is 11.1 Å². The van der Waals surface area contributed by atoms with E-state index in [0.29, 0.717) is 0 Å². The Morgan fingerprint density at radius 1 is 0.733 bits per heavy atom. The van der Waals surface area contributed by atoms with Crippen LogP contribution in [0.3, 0.4) is 0 Å². The summed E-state index contributed by atoms with van der Waals surface area (Å²) in [5, 5.41) is 2.61. The van der Waals surface area contributed by atoms with E-state index in [4.69, 9.17) is 9.47 Å². The molecule has 4 rings (SSSR count). The van der Waals surface area contributed by atoms with Gasteiger partial charge in [-0.2, -0.15) is 0 Å². The molecule has 0 atom stereocenters. The fraction of sp³-hybridized carbons (Fsp3) is 0.385. The lowest BCUT2D eigenvalue weighted by Gasteiger charge is -2.34. The Balaban J connectivity index is 1.12. The van der Waals surface area contributed by atoms with Crippen LogP contribution in [-0.4, -0.2) is 62.8 Å². The number of ether oxygens (including phenoxy) is 2. The van der Waals surface area contributed by atoms with Crippen molar-refractivity contribution in [2.24, 2.45) is 0 Å². The monoisotopic (exact) mass is 404 g/mol. The summed E-state index contributed by atoms with van der Waals surface area (Å²) >= 11 is 0. The second-order valence-electron chi connectivity index (χ2n) is 8.01.